The molecule has 2 aromatic carbocycles. The smallest absolute Gasteiger partial charge is 0.391 e. The number of aliphatic hydroxyl groups is 1. The average Bonchev–Trinajstić information content (AvgIpc) is 3.15. The highest BCUT2D eigenvalue weighted by atomic mass is 35.5. The number of carbonyl (C=O) groups is 1. The number of carbonyl (C=O) groups excluding carboxylic acids is 1. The van der Waals surface area contributed by atoms with E-state index < -0.39 is 35.5 Å². The summed E-state index contributed by atoms with van der Waals surface area (Å²) in [6.07, 6.45) is -4.69. The van der Waals surface area contributed by atoms with Gasteiger partial charge in [-0.3, -0.25) is 4.79 Å². The quantitative estimate of drug-likeness (QED) is 0.605. The summed E-state index contributed by atoms with van der Waals surface area (Å²) in [6.45, 7) is 1.53. The Bertz CT molecular complexity index is 1000. The maximum atomic E-state index is 13.7. The Balaban J connectivity index is 1.82. The summed E-state index contributed by atoms with van der Waals surface area (Å²) < 4.78 is 41.9. The lowest BCUT2D eigenvalue weighted by Crippen LogP contribution is -2.42. The van der Waals surface area contributed by atoms with Crippen molar-refractivity contribution in [2.24, 2.45) is 0 Å². The first kappa shape index (κ1) is 21.9. The summed E-state index contributed by atoms with van der Waals surface area (Å²) in [7, 11) is 0. The first-order chi connectivity index (χ1) is 14.2. The molecule has 0 fully saturated rings. The van der Waals surface area contributed by atoms with Crippen LogP contribution in [0.1, 0.15) is 28.5 Å². The highest BCUT2D eigenvalue weighted by Crippen LogP contribution is 2.34. The number of hydrogen-bond acceptors (Lipinski definition) is 3. The minimum atomic E-state index is -4.82. The molecule has 2 atom stereocenters. The lowest BCUT2D eigenvalue weighted by Gasteiger charge is -2.21. The van der Waals surface area contributed by atoms with E-state index in [0.717, 1.165) is 11.8 Å². The number of alkyl halides is 3. The van der Waals surface area contributed by atoms with Gasteiger partial charge in [-0.2, -0.15) is 18.3 Å². The Morgan fingerprint density at radius 3 is 2.40 bits per heavy atom. The van der Waals surface area contributed by atoms with Crippen LogP contribution in [0.2, 0.25) is 5.02 Å². The molecule has 1 aromatic heterocycles. The number of benzene rings is 2. The molecule has 2 N–H and O–H groups in total. The van der Waals surface area contributed by atoms with Crippen molar-refractivity contribution in [3.63, 3.8) is 0 Å². The van der Waals surface area contributed by atoms with Gasteiger partial charge in [-0.05, 0) is 36.8 Å². The second-order valence-electron chi connectivity index (χ2n) is 6.81. The van der Waals surface area contributed by atoms with E-state index in [0.29, 0.717) is 9.70 Å². The van der Waals surface area contributed by atoms with E-state index in [1.165, 1.54) is 31.2 Å². The molecule has 158 valence electrons. The Hall–Kier alpha value is -2.84. The zero-order chi connectivity index (χ0) is 21.9. The molecular formula is C21H19ClF3N3O2. The normalized spacial score (nSPS) is 13.7. The summed E-state index contributed by atoms with van der Waals surface area (Å²) in [5.41, 5.74) is -0.871. The van der Waals surface area contributed by atoms with Crippen LogP contribution in [-0.2, 0) is 12.6 Å². The Labute approximate surface area is 176 Å². The van der Waals surface area contributed by atoms with Gasteiger partial charge in [-0.1, -0.05) is 41.9 Å². The fourth-order valence-electron chi connectivity index (χ4n) is 2.98. The van der Waals surface area contributed by atoms with Crippen molar-refractivity contribution in [3.8, 4) is 5.69 Å². The lowest BCUT2D eigenvalue weighted by atomic mass is 10.0. The summed E-state index contributed by atoms with van der Waals surface area (Å²) in [5.74, 6) is -0.970. The first-order valence-electron chi connectivity index (χ1n) is 9.11. The largest absolute Gasteiger partial charge is 0.434 e. The van der Waals surface area contributed by atoms with E-state index in [1.54, 1.807) is 0 Å². The van der Waals surface area contributed by atoms with Crippen LogP contribution in [0.25, 0.3) is 5.69 Å². The third-order valence-electron chi connectivity index (χ3n) is 4.58. The average molecular weight is 438 g/mol. The van der Waals surface area contributed by atoms with Gasteiger partial charge in [0, 0.05) is 11.4 Å². The van der Waals surface area contributed by atoms with Crippen molar-refractivity contribution in [1.82, 2.24) is 15.1 Å². The molecule has 0 bridgehead atoms. The van der Waals surface area contributed by atoms with Crippen LogP contribution in [0.3, 0.4) is 0 Å². The summed E-state index contributed by atoms with van der Waals surface area (Å²) in [4.78, 5) is 12.6. The summed E-state index contributed by atoms with van der Waals surface area (Å²) in [6, 6.07) is 13.9. The fraction of sp³-hybridized carbons (Fsp3) is 0.238. The van der Waals surface area contributed by atoms with Gasteiger partial charge in [-0.25, -0.2) is 4.68 Å². The minimum Gasteiger partial charge on any atom is -0.391 e. The summed E-state index contributed by atoms with van der Waals surface area (Å²) in [5, 5.41) is 16.9. The van der Waals surface area contributed by atoms with Crippen LogP contribution < -0.4 is 5.32 Å². The van der Waals surface area contributed by atoms with Crippen LogP contribution in [-0.4, -0.2) is 32.9 Å². The Kier molecular flexibility index (Phi) is 6.48. The van der Waals surface area contributed by atoms with Crippen LogP contribution >= 0.6 is 11.6 Å². The van der Waals surface area contributed by atoms with E-state index in [1.807, 2.05) is 30.3 Å². The number of hydrogen-bond donors (Lipinski definition) is 2. The molecule has 1 heterocycles. The number of nitrogens with zero attached hydrogens (tertiary/aromatic N) is 2. The number of aromatic nitrogens is 2. The van der Waals surface area contributed by atoms with E-state index in [9.17, 15) is 23.1 Å². The molecule has 30 heavy (non-hydrogen) atoms. The number of halogens is 4. The highest BCUT2D eigenvalue weighted by Gasteiger charge is 2.40. The molecule has 1 amide bonds. The molecule has 0 aliphatic rings. The van der Waals surface area contributed by atoms with Crippen molar-refractivity contribution in [3.05, 3.63) is 82.6 Å². The van der Waals surface area contributed by atoms with Gasteiger partial charge in [-0.15, -0.1) is 0 Å². The number of nitrogens with one attached hydrogen (secondary N) is 1. The van der Waals surface area contributed by atoms with Crippen molar-refractivity contribution in [1.29, 1.82) is 0 Å². The van der Waals surface area contributed by atoms with Gasteiger partial charge >= 0.3 is 6.18 Å². The topological polar surface area (TPSA) is 67.2 Å². The minimum absolute atomic E-state index is 0.114. The molecule has 0 aliphatic carbocycles. The standard InChI is InChI=1S/C21H19ClF3N3O2/c1-13(18(29)11-14-5-3-2-4-6-14)27-20(30)17-12-26-28(19(17)21(23,24)25)16-9-7-15(22)8-10-16/h2-10,12-13,18,29H,11H2,1H3,(H,27,30)/t13-,18-/m0/s1. The maximum absolute atomic E-state index is 13.7. The predicted octanol–water partition coefficient (Wildman–Crippen LogP) is 4.27. The zero-order valence-corrected chi connectivity index (χ0v) is 16.7. The van der Waals surface area contributed by atoms with Crippen molar-refractivity contribution in [2.75, 3.05) is 0 Å². The molecule has 0 aliphatic heterocycles. The third-order valence-corrected chi connectivity index (χ3v) is 4.83. The van der Waals surface area contributed by atoms with E-state index >= 15 is 0 Å². The lowest BCUT2D eigenvalue weighted by molar-refractivity contribution is -0.143. The molecule has 0 saturated heterocycles. The Morgan fingerprint density at radius 1 is 1.17 bits per heavy atom. The molecular weight excluding hydrogens is 419 g/mol. The molecule has 0 unspecified atom stereocenters. The molecule has 0 saturated carbocycles. The van der Waals surface area contributed by atoms with Gasteiger partial charge in [0.05, 0.1) is 29.6 Å². The van der Waals surface area contributed by atoms with E-state index in [-0.39, 0.29) is 12.1 Å². The van der Waals surface area contributed by atoms with E-state index in [4.69, 9.17) is 11.6 Å². The van der Waals surface area contributed by atoms with E-state index in [2.05, 4.69) is 10.4 Å². The third kappa shape index (κ3) is 5.01. The predicted molar refractivity (Wildman–Crippen MR) is 107 cm³/mol. The van der Waals surface area contributed by atoms with Gasteiger partial charge in [0.2, 0.25) is 0 Å². The molecule has 0 radical (unpaired) electrons. The van der Waals surface area contributed by atoms with Gasteiger partial charge in [0.15, 0.2) is 5.69 Å². The number of rotatable bonds is 6. The SMILES string of the molecule is C[C@H](NC(=O)c1cnn(-c2ccc(Cl)cc2)c1C(F)(F)F)[C@@H](O)Cc1ccccc1. The Morgan fingerprint density at radius 2 is 1.80 bits per heavy atom. The first-order valence-corrected chi connectivity index (χ1v) is 9.48. The molecule has 5 nitrogen and oxygen atoms in total. The monoisotopic (exact) mass is 437 g/mol. The highest BCUT2D eigenvalue weighted by molar-refractivity contribution is 6.30. The maximum Gasteiger partial charge on any atom is 0.434 e. The zero-order valence-electron chi connectivity index (χ0n) is 15.9. The summed E-state index contributed by atoms with van der Waals surface area (Å²) >= 11 is 5.79. The molecule has 9 heteroatoms. The molecule has 3 aromatic rings. The van der Waals surface area contributed by atoms with Crippen molar-refractivity contribution in [2.45, 2.75) is 31.7 Å². The second-order valence-corrected chi connectivity index (χ2v) is 7.25. The second kappa shape index (κ2) is 8.89. The van der Waals surface area contributed by atoms with Crippen LogP contribution in [0, 0.1) is 0 Å². The number of aliphatic hydroxyl groups excluding tert-OH is 1. The number of amides is 1. The van der Waals surface area contributed by atoms with Gasteiger partial charge in [0.1, 0.15) is 0 Å². The van der Waals surface area contributed by atoms with Crippen LogP contribution in [0.15, 0.2) is 60.8 Å². The van der Waals surface area contributed by atoms with Crippen molar-refractivity contribution >= 4 is 17.5 Å². The van der Waals surface area contributed by atoms with Crippen molar-refractivity contribution < 1.29 is 23.1 Å². The van der Waals surface area contributed by atoms with Gasteiger partial charge < -0.3 is 10.4 Å². The van der Waals surface area contributed by atoms with Gasteiger partial charge in [0.25, 0.3) is 5.91 Å². The molecule has 0 spiro atoms. The fourth-order valence-corrected chi connectivity index (χ4v) is 3.10. The van der Waals surface area contributed by atoms with Crippen LogP contribution in [0.5, 0.6) is 0 Å². The van der Waals surface area contributed by atoms with Crippen LogP contribution in [0.4, 0.5) is 13.2 Å². The molecule has 3 rings (SSSR count).